The Kier molecular flexibility index (Phi) is 6.44. The Morgan fingerprint density at radius 1 is 1.11 bits per heavy atom. The van der Waals surface area contributed by atoms with Crippen molar-refractivity contribution in [3.05, 3.63) is 76.0 Å². The molecule has 1 amide bonds. The summed E-state index contributed by atoms with van der Waals surface area (Å²) in [7, 11) is 4.00. The molecule has 0 saturated carbocycles. The summed E-state index contributed by atoms with van der Waals surface area (Å²) in [6.07, 6.45) is 3.10. The Hall–Kier alpha value is -3.79. The van der Waals surface area contributed by atoms with Crippen LogP contribution < -0.4 is 16.4 Å². The Bertz CT molecular complexity index is 1620. The van der Waals surface area contributed by atoms with E-state index in [0.717, 1.165) is 34.1 Å². The lowest BCUT2D eigenvalue weighted by Crippen LogP contribution is -2.13. The van der Waals surface area contributed by atoms with Gasteiger partial charge in [0.05, 0.1) is 21.5 Å². The first-order valence-corrected chi connectivity index (χ1v) is 12.4. The number of carbonyl (C=O) groups excluding carboxylic acids is 1. The topological polar surface area (TPSA) is 109 Å². The number of nitrogens with two attached hydrogens (primary N) is 1. The fraction of sp³-hybridized carbons (Fsp3) is 0.154. The number of halogens is 1. The van der Waals surface area contributed by atoms with Gasteiger partial charge in [0.15, 0.2) is 0 Å². The summed E-state index contributed by atoms with van der Waals surface area (Å²) in [5, 5.41) is 10.7. The third-order valence-corrected chi connectivity index (χ3v) is 7.17. The summed E-state index contributed by atoms with van der Waals surface area (Å²) in [6, 6.07) is 11.7. The number of fused-ring (bicyclic) bond motifs is 2. The number of benzene rings is 2. The number of anilines is 4. The molecular weight excluding hydrogens is 494 g/mol. The lowest BCUT2D eigenvalue weighted by molar-refractivity contribution is 0.102. The molecule has 36 heavy (non-hydrogen) atoms. The first kappa shape index (κ1) is 23.9. The quantitative estimate of drug-likeness (QED) is 0.259. The zero-order valence-corrected chi connectivity index (χ0v) is 21.5. The summed E-state index contributed by atoms with van der Waals surface area (Å²) in [6.45, 7) is 2.68. The van der Waals surface area contributed by atoms with Crippen LogP contribution in [0.25, 0.3) is 21.0 Å². The molecule has 5 rings (SSSR count). The third kappa shape index (κ3) is 4.56. The van der Waals surface area contributed by atoms with Crippen LogP contribution in [-0.4, -0.2) is 39.9 Å². The van der Waals surface area contributed by atoms with Gasteiger partial charge < -0.3 is 21.3 Å². The molecular formula is C26H24ClN7OS. The average molecular weight is 518 g/mol. The molecule has 0 bridgehead atoms. The van der Waals surface area contributed by atoms with Crippen LogP contribution in [0.5, 0.6) is 0 Å². The van der Waals surface area contributed by atoms with Gasteiger partial charge in [0.2, 0.25) is 0 Å². The number of aromatic nitrogens is 3. The van der Waals surface area contributed by atoms with Crippen LogP contribution in [0.3, 0.4) is 0 Å². The smallest absolute Gasteiger partial charge is 0.258 e. The maximum Gasteiger partial charge on any atom is 0.258 e. The molecule has 182 valence electrons. The molecule has 3 aromatic heterocycles. The molecule has 0 unspecified atom stereocenters. The fourth-order valence-electron chi connectivity index (χ4n) is 4.09. The van der Waals surface area contributed by atoms with E-state index in [1.807, 2.05) is 57.4 Å². The van der Waals surface area contributed by atoms with E-state index < -0.39 is 0 Å². The van der Waals surface area contributed by atoms with Crippen molar-refractivity contribution in [2.75, 3.05) is 30.5 Å². The largest absolute Gasteiger partial charge is 0.382 e. The molecule has 0 aliphatic carbocycles. The minimum absolute atomic E-state index is 0.257. The lowest BCUT2D eigenvalue weighted by Gasteiger charge is -2.16. The molecule has 4 N–H and O–H groups in total. The highest BCUT2D eigenvalue weighted by Crippen LogP contribution is 2.34. The number of hydrogen-bond donors (Lipinski definition) is 3. The van der Waals surface area contributed by atoms with Crippen molar-refractivity contribution in [1.82, 2.24) is 19.9 Å². The molecule has 0 aliphatic rings. The Morgan fingerprint density at radius 3 is 2.75 bits per heavy atom. The first-order chi connectivity index (χ1) is 17.3. The van der Waals surface area contributed by atoms with Gasteiger partial charge >= 0.3 is 0 Å². The summed E-state index contributed by atoms with van der Waals surface area (Å²) >= 11 is 7.74. The van der Waals surface area contributed by atoms with E-state index in [4.69, 9.17) is 17.3 Å². The third-order valence-electron chi connectivity index (χ3n) is 5.81. The minimum atomic E-state index is -0.257. The Labute approximate surface area is 217 Å². The molecule has 0 radical (unpaired) electrons. The highest BCUT2D eigenvalue weighted by molar-refractivity contribution is 7.18. The molecule has 0 spiro atoms. The number of hydrogen-bond acceptors (Lipinski definition) is 8. The van der Waals surface area contributed by atoms with E-state index in [1.54, 1.807) is 11.6 Å². The number of aryl methyl sites for hydroxylation is 1. The van der Waals surface area contributed by atoms with Crippen LogP contribution in [0, 0.1) is 6.92 Å². The van der Waals surface area contributed by atoms with Crippen molar-refractivity contribution in [1.29, 1.82) is 0 Å². The molecule has 5 aromatic rings. The predicted octanol–water partition coefficient (Wildman–Crippen LogP) is 5.84. The van der Waals surface area contributed by atoms with Crippen molar-refractivity contribution in [3.63, 3.8) is 0 Å². The summed E-state index contributed by atoms with van der Waals surface area (Å²) < 4.78 is 0.699. The molecule has 8 nitrogen and oxygen atoms in total. The highest BCUT2D eigenvalue weighted by atomic mass is 35.5. The number of amides is 1. The van der Waals surface area contributed by atoms with Crippen LogP contribution in [0.1, 0.15) is 21.5 Å². The highest BCUT2D eigenvalue weighted by Gasteiger charge is 2.18. The molecule has 3 heterocycles. The molecule has 10 heteroatoms. The van der Waals surface area contributed by atoms with E-state index in [-0.39, 0.29) is 5.91 Å². The maximum atomic E-state index is 13.3. The molecule has 0 aliphatic heterocycles. The molecule has 0 fully saturated rings. The van der Waals surface area contributed by atoms with E-state index in [1.165, 1.54) is 17.7 Å². The normalized spacial score (nSPS) is 11.4. The summed E-state index contributed by atoms with van der Waals surface area (Å²) in [5.74, 6) is 0.790. The van der Waals surface area contributed by atoms with Crippen LogP contribution in [0.4, 0.5) is 23.0 Å². The molecule has 0 saturated heterocycles. The summed E-state index contributed by atoms with van der Waals surface area (Å²) in [5.41, 5.74) is 10.5. The second-order valence-electron chi connectivity index (χ2n) is 8.72. The zero-order valence-electron chi connectivity index (χ0n) is 20.0. The number of nitrogens with zero attached hydrogens (tertiary/aromatic N) is 4. The van der Waals surface area contributed by atoms with Gasteiger partial charge in [0.25, 0.3) is 5.91 Å². The van der Waals surface area contributed by atoms with Gasteiger partial charge in [0, 0.05) is 39.6 Å². The van der Waals surface area contributed by atoms with Crippen LogP contribution in [0.2, 0.25) is 5.02 Å². The predicted molar refractivity (Wildman–Crippen MR) is 148 cm³/mol. The Morgan fingerprint density at radius 2 is 1.94 bits per heavy atom. The molecule has 2 aromatic carbocycles. The van der Waals surface area contributed by atoms with Gasteiger partial charge in [-0.15, -0.1) is 11.3 Å². The summed E-state index contributed by atoms with van der Waals surface area (Å²) in [4.78, 5) is 28.2. The number of thiophene rings is 1. The van der Waals surface area contributed by atoms with Gasteiger partial charge in [-0.1, -0.05) is 23.7 Å². The van der Waals surface area contributed by atoms with Crippen molar-refractivity contribution < 1.29 is 4.79 Å². The van der Waals surface area contributed by atoms with Crippen molar-refractivity contribution in [2.45, 2.75) is 13.5 Å². The fourth-order valence-corrected chi connectivity index (χ4v) is 5.17. The van der Waals surface area contributed by atoms with Crippen LogP contribution >= 0.6 is 22.9 Å². The second kappa shape index (κ2) is 9.69. The lowest BCUT2D eigenvalue weighted by atomic mass is 10.0. The van der Waals surface area contributed by atoms with Crippen molar-refractivity contribution in [3.8, 4) is 0 Å². The number of rotatable bonds is 6. The second-order valence-corrected chi connectivity index (χ2v) is 10.0. The van der Waals surface area contributed by atoms with Crippen molar-refractivity contribution in [2.24, 2.45) is 0 Å². The van der Waals surface area contributed by atoms with E-state index in [0.29, 0.717) is 38.1 Å². The zero-order chi connectivity index (χ0) is 25.4. The number of nitrogen functional groups attached to an aromatic ring is 1. The average Bonchev–Trinajstić information content (AvgIpc) is 3.28. The van der Waals surface area contributed by atoms with Crippen LogP contribution in [0.15, 0.2) is 54.3 Å². The van der Waals surface area contributed by atoms with E-state index in [2.05, 4.69) is 30.5 Å². The van der Waals surface area contributed by atoms with Crippen LogP contribution in [-0.2, 0) is 6.54 Å². The van der Waals surface area contributed by atoms with Gasteiger partial charge in [-0.3, -0.25) is 4.79 Å². The maximum absolute atomic E-state index is 13.3. The minimum Gasteiger partial charge on any atom is -0.382 e. The standard InChI is InChI=1S/C26H24ClN7OS/c1-14-4-6-18-17(21(14)33-26(35)19-12-36-23-22(19)30-13-31-24(23)28)8-9-29-25(18)32-16-5-7-20(27)15(10-16)11-34(2)3/h4-10,12-13H,11H2,1-3H3,(H,29,32)(H,33,35)(H2,28,30,31). The number of nitrogens with one attached hydrogen (secondary N) is 2. The van der Waals surface area contributed by atoms with Gasteiger partial charge in [-0.25, -0.2) is 15.0 Å². The van der Waals surface area contributed by atoms with Crippen molar-refractivity contribution >= 4 is 72.8 Å². The first-order valence-electron chi connectivity index (χ1n) is 11.2. The molecule has 0 atom stereocenters. The SMILES string of the molecule is Cc1ccc2c(Nc3ccc(Cl)c(CN(C)C)c3)nccc2c1NC(=O)c1csc2c(N)ncnc12. The van der Waals surface area contributed by atoms with Gasteiger partial charge in [0.1, 0.15) is 18.0 Å². The van der Waals surface area contributed by atoms with Gasteiger partial charge in [-0.2, -0.15) is 0 Å². The Balaban J connectivity index is 1.50. The monoisotopic (exact) mass is 517 g/mol. The van der Waals surface area contributed by atoms with E-state index >= 15 is 0 Å². The number of pyridine rings is 1. The van der Waals surface area contributed by atoms with E-state index in [9.17, 15) is 4.79 Å². The van der Waals surface area contributed by atoms with Gasteiger partial charge in [-0.05, 0) is 56.4 Å². The number of carbonyl (C=O) groups is 1.